The first-order valence-electron chi connectivity index (χ1n) is 9.47. The van der Waals surface area contributed by atoms with E-state index in [-0.39, 0.29) is 45.8 Å². The summed E-state index contributed by atoms with van der Waals surface area (Å²) < 4.78 is 21.7. The van der Waals surface area contributed by atoms with E-state index in [0.717, 1.165) is 6.04 Å². The molecule has 0 aliphatic carbocycles. The second-order valence-corrected chi connectivity index (χ2v) is 13.9. The molecule has 0 aliphatic rings. The standard InChI is InChI=1S/C21H22BFN2O4Si/c1-30(2,3)8-7-29-12-25-16-9-14(22)10-17(27)20(16)24-19(21(25)28)15-6-4-5-13(11-26)18(15)23/h4-6,9-11,27H,7-8,12H2,1-3H3. The Kier molecular flexibility index (Phi) is 6.23. The monoisotopic (exact) mass is 424 g/mol. The molecule has 0 atom stereocenters. The predicted molar refractivity (Wildman–Crippen MR) is 118 cm³/mol. The Morgan fingerprint density at radius 3 is 2.70 bits per heavy atom. The van der Waals surface area contributed by atoms with Gasteiger partial charge in [0, 0.05) is 20.2 Å². The molecule has 6 nitrogen and oxygen atoms in total. The molecule has 3 rings (SSSR count). The van der Waals surface area contributed by atoms with E-state index in [1.54, 1.807) is 0 Å². The van der Waals surface area contributed by atoms with Crippen molar-refractivity contribution in [1.29, 1.82) is 0 Å². The number of aldehydes is 1. The highest BCUT2D eigenvalue weighted by molar-refractivity contribution is 6.76. The highest BCUT2D eigenvalue weighted by Gasteiger charge is 2.20. The largest absolute Gasteiger partial charge is 0.506 e. The van der Waals surface area contributed by atoms with Crippen LogP contribution in [0.1, 0.15) is 10.4 Å². The van der Waals surface area contributed by atoms with Crippen molar-refractivity contribution >= 4 is 38.7 Å². The number of carbonyl (C=O) groups is 1. The van der Waals surface area contributed by atoms with Gasteiger partial charge in [-0.15, -0.1) is 0 Å². The number of halogens is 1. The van der Waals surface area contributed by atoms with Gasteiger partial charge in [-0.3, -0.25) is 14.2 Å². The van der Waals surface area contributed by atoms with Gasteiger partial charge in [-0.25, -0.2) is 9.37 Å². The molecule has 0 spiro atoms. The molecule has 1 aromatic heterocycles. The smallest absolute Gasteiger partial charge is 0.279 e. The van der Waals surface area contributed by atoms with Gasteiger partial charge in [-0.05, 0) is 30.3 Å². The molecule has 0 unspecified atom stereocenters. The van der Waals surface area contributed by atoms with Crippen LogP contribution in [0.25, 0.3) is 22.3 Å². The van der Waals surface area contributed by atoms with Crippen LogP contribution in [0.3, 0.4) is 0 Å². The van der Waals surface area contributed by atoms with Gasteiger partial charge in [0.1, 0.15) is 37.4 Å². The molecular formula is C21H22BFN2O4Si. The Balaban J connectivity index is 2.17. The lowest BCUT2D eigenvalue weighted by Gasteiger charge is -2.17. The number of benzene rings is 2. The van der Waals surface area contributed by atoms with Gasteiger partial charge >= 0.3 is 0 Å². The SMILES string of the molecule is [B]c1cc(O)c2nc(-c3cccc(C=O)c3F)c(=O)n(COCC[Si](C)(C)C)c2c1. The molecule has 3 aromatic rings. The summed E-state index contributed by atoms with van der Waals surface area (Å²) in [5.41, 5.74) is -0.532. The van der Waals surface area contributed by atoms with E-state index in [0.29, 0.717) is 12.9 Å². The van der Waals surface area contributed by atoms with E-state index < -0.39 is 19.5 Å². The number of hydrogen-bond acceptors (Lipinski definition) is 5. The van der Waals surface area contributed by atoms with Crippen molar-refractivity contribution in [3.8, 4) is 17.0 Å². The molecule has 2 aromatic carbocycles. The zero-order valence-corrected chi connectivity index (χ0v) is 18.1. The average molecular weight is 424 g/mol. The number of aromatic nitrogens is 2. The van der Waals surface area contributed by atoms with Gasteiger partial charge in [0.05, 0.1) is 11.1 Å². The van der Waals surface area contributed by atoms with Gasteiger partial charge in [0.25, 0.3) is 5.56 Å². The van der Waals surface area contributed by atoms with E-state index in [2.05, 4.69) is 24.6 Å². The fraction of sp³-hybridized carbons (Fsp3) is 0.286. The minimum atomic E-state index is -1.33. The first-order chi connectivity index (χ1) is 14.1. The normalized spacial score (nSPS) is 11.7. The fourth-order valence-electron chi connectivity index (χ4n) is 3.00. The lowest BCUT2D eigenvalue weighted by Crippen LogP contribution is -2.27. The van der Waals surface area contributed by atoms with Crippen LogP contribution in [0.2, 0.25) is 25.7 Å². The summed E-state index contributed by atoms with van der Waals surface area (Å²) in [6, 6.07) is 7.85. The minimum Gasteiger partial charge on any atom is -0.506 e. The second kappa shape index (κ2) is 8.53. The molecule has 2 radical (unpaired) electrons. The van der Waals surface area contributed by atoms with E-state index in [1.165, 1.54) is 34.9 Å². The molecule has 0 saturated carbocycles. The Bertz CT molecular complexity index is 1170. The number of rotatable bonds is 7. The summed E-state index contributed by atoms with van der Waals surface area (Å²) in [6.45, 7) is 7.00. The molecule has 0 saturated heterocycles. The van der Waals surface area contributed by atoms with Crippen LogP contribution in [-0.4, -0.2) is 43.5 Å². The number of phenolic OH excluding ortho intramolecular Hbond substituents is 1. The first kappa shape index (κ1) is 21.9. The van der Waals surface area contributed by atoms with E-state index in [1.807, 2.05) is 0 Å². The van der Waals surface area contributed by atoms with Gasteiger partial charge in [0.15, 0.2) is 6.29 Å². The lowest BCUT2D eigenvalue weighted by atomic mass is 9.95. The summed E-state index contributed by atoms with van der Waals surface area (Å²) in [4.78, 5) is 28.5. The number of aromatic hydroxyl groups is 1. The molecule has 1 N–H and O–H groups in total. The van der Waals surface area contributed by atoms with Crippen LogP contribution < -0.4 is 11.0 Å². The lowest BCUT2D eigenvalue weighted by molar-refractivity contribution is 0.0878. The van der Waals surface area contributed by atoms with Crippen molar-refractivity contribution < 1.29 is 19.0 Å². The molecule has 30 heavy (non-hydrogen) atoms. The molecule has 9 heteroatoms. The van der Waals surface area contributed by atoms with Crippen molar-refractivity contribution in [1.82, 2.24) is 9.55 Å². The predicted octanol–water partition coefficient (Wildman–Crippen LogP) is 2.83. The van der Waals surface area contributed by atoms with E-state index in [9.17, 15) is 19.1 Å². The minimum absolute atomic E-state index is 0.0866. The number of phenols is 1. The van der Waals surface area contributed by atoms with Crippen LogP contribution in [0.4, 0.5) is 4.39 Å². The molecule has 0 fully saturated rings. The Hall–Kier alpha value is -2.78. The molecule has 0 aliphatic heterocycles. The van der Waals surface area contributed by atoms with E-state index >= 15 is 0 Å². The number of ether oxygens (including phenoxy) is 1. The van der Waals surface area contributed by atoms with Crippen LogP contribution in [0.5, 0.6) is 5.75 Å². The molecular weight excluding hydrogens is 402 g/mol. The molecule has 0 bridgehead atoms. The highest BCUT2D eigenvalue weighted by Crippen LogP contribution is 2.26. The summed E-state index contributed by atoms with van der Waals surface area (Å²) in [7, 11) is 4.50. The number of carbonyl (C=O) groups excluding carboxylic acids is 1. The maximum absolute atomic E-state index is 14.7. The van der Waals surface area contributed by atoms with Gasteiger partial charge in [-0.1, -0.05) is 31.2 Å². The van der Waals surface area contributed by atoms with Crippen LogP contribution in [0.15, 0.2) is 35.1 Å². The van der Waals surface area contributed by atoms with Gasteiger partial charge in [-0.2, -0.15) is 0 Å². The topological polar surface area (TPSA) is 81.4 Å². The first-order valence-corrected chi connectivity index (χ1v) is 13.2. The number of fused-ring (bicyclic) bond motifs is 1. The number of hydrogen-bond donors (Lipinski definition) is 1. The summed E-state index contributed by atoms with van der Waals surface area (Å²) in [5.74, 6) is -1.09. The fourth-order valence-corrected chi connectivity index (χ4v) is 3.76. The summed E-state index contributed by atoms with van der Waals surface area (Å²) >= 11 is 0. The van der Waals surface area contributed by atoms with Gasteiger partial charge < -0.3 is 9.84 Å². The van der Waals surface area contributed by atoms with Crippen LogP contribution >= 0.6 is 0 Å². The Labute approximate surface area is 175 Å². The maximum Gasteiger partial charge on any atom is 0.279 e. The number of nitrogens with zero attached hydrogens (tertiary/aromatic N) is 2. The van der Waals surface area contributed by atoms with Crippen LogP contribution in [0, 0.1) is 5.82 Å². The summed E-state index contributed by atoms with van der Waals surface area (Å²) in [6.07, 6.45) is 0.371. The molecule has 0 amide bonds. The zero-order valence-electron chi connectivity index (χ0n) is 17.1. The van der Waals surface area contributed by atoms with Crippen molar-refractivity contribution in [2.24, 2.45) is 0 Å². The Morgan fingerprint density at radius 1 is 1.30 bits per heavy atom. The van der Waals surface area contributed by atoms with Crippen molar-refractivity contribution in [3.05, 3.63) is 52.1 Å². The third-order valence-electron chi connectivity index (χ3n) is 4.68. The molecule has 1 heterocycles. The van der Waals surface area contributed by atoms with Crippen LogP contribution in [-0.2, 0) is 11.5 Å². The quantitative estimate of drug-likeness (QED) is 0.358. The van der Waals surface area contributed by atoms with Crippen molar-refractivity contribution in [2.45, 2.75) is 32.4 Å². The third-order valence-corrected chi connectivity index (χ3v) is 6.39. The average Bonchev–Trinajstić information content (AvgIpc) is 2.66. The van der Waals surface area contributed by atoms with Crippen molar-refractivity contribution in [3.63, 3.8) is 0 Å². The maximum atomic E-state index is 14.7. The zero-order chi connectivity index (χ0) is 22.1. The Morgan fingerprint density at radius 2 is 2.03 bits per heavy atom. The van der Waals surface area contributed by atoms with E-state index in [4.69, 9.17) is 12.6 Å². The molecule has 154 valence electrons. The third kappa shape index (κ3) is 4.52. The summed E-state index contributed by atoms with van der Waals surface area (Å²) in [5, 5.41) is 10.3. The van der Waals surface area contributed by atoms with Crippen molar-refractivity contribution in [2.75, 3.05) is 6.61 Å². The highest BCUT2D eigenvalue weighted by atomic mass is 28.3. The van der Waals surface area contributed by atoms with Gasteiger partial charge in [0.2, 0.25) is 0 Å². The second-order valence-electron chi connectivity index (χ2n) is 8.28.